The highest BCUT2D eigenvalue weighted by molar-refractivity contribution is 7.92. The molecule has 0 fully saturated rings. The van der Waals surface area contributed by atoms with E-state index < -0.39 is 56.9 Å². The van der Waals surface area contributed by atoms with E-state index >= 15 is 0 Å². The molecule has 2 amide bonds. The first-order chi connectivity index (χ1) is 16.1. The molecule has 0 aliphatic carbocycles. The quantitative estimate of drug-likeness (QED) is 0.500. The number of benzene rings is 2. The summed E-state index contributed by atoms with van der Waals surface area (Å²) in [5.41, 5.74) is -1.03. The van der Waals surface area contributed by atoms with Crippen molar-refractivity contribution in [3.63, 3.8) is 0 Å². The fourth-order valence-corrected chi connectivity index (χ4v) is 4.38. The monoisotopic (exact) mass is 553 g/mol. The van der Waals surface area contributed by atoms with Crippen LogP contribution in [0.1, 0.15) is 25.0 Å². The number of halogens is 5. The number of likely N-dealkylation sites (N-methyl/N-ethyl adjacent to an activating group) is 1. The molecule has 2 aromatic carbocycles. The van der Waals surface area contributed by atoms with Crippen molar-refractivity contribution < 1.29 is 31.2 Å². The van der Waals surface area contributed by atoms with Gasteiger partial charge in [0.2, 0.25) is 21.8 Å². The van der Waals surface area contributed by atoms with Crippen LogP contribution in [0.25, 0.3) is 0 Å². The maximum atomic E-state index is 13.3. The highest BCUT2D eigenvalue weighted by Gasteiger charge is 2.35. The lowest BCUT2D eigenvalue weighted by atomic mass is 10.1. The van der Waals surface area contributed by atoms with Gasteiger partial charge in [0.15, 0.2) is 0 Å². The average molecular weight is 554 g/mol. The van der Waals surface area contributed by atoms with Crippen LogP contribution >= 0.6 is 23.2 Å². The van der Waals surface area contributed by atoms with Crippen LogP contribution < -0.4 is 9.62 Å². The summed E-state index contributed by atoms with van der Waals surface area (Å²) in [6.07, 6.45) is -4.08. The van der Waals surface area contributed by atoms with E-state index in [1.807, 2.05) is 0 Å². The molecule has 35 heavy (non-hydrogen) atoms. The second kappa shape index (κ2) is 11.5. The van der Waals surface area contributed by atoms with Crippen LogP contribution in [0.2, 0.25) is 10.0 Å². The van der Waals surface area contributed by atoms with Gasteiger partial charge in [-0.15, -0.1) is 0 Å². The zero-order valence-corrected chi connectivity index (χ0v) is 21.4. The molecule has 0 spiro atoms. The maximum absolute atomic E-state index is 13.3. The first-order valence-corrected chi connectivity index (χ1v) is 12.9. The third kappa shape index (κ3) is 7.74. The predicted octanol–water partition coefficient (Wildman–Crippen LogP) is 4.33. The largest absolute Gasteiger partial charge is 0.417 e. The molecule has 0 radical (unpaired) electrons. The van der Waals surface area contributed by atoms with Gasteiger partial charge in [-0.05, 0) is 49.7 Å². The highest BCUT2D eigenvalue weighted by atomic mass is 35.5. The van der Waals surface area contributed by atoms with Crippen LogP contribution in [0.3, 0.4) is 0 Å². The van der Waals surface area contributed by atoms with Crippen molar-refractivity contribution in [2.45, 2.75) is 32.6 Å². The van der Waals surface area contributed by atoms with Gasteiger partial charge in [-0.2, -0.15) is 13.2 Å². The van der Waals surface area contributed by atoms with Crippen molar-refractivity contribution >= 4 is 50.7 Å². The molecule has 0 saturated heterocycles. The van der Waals surface area contributed by atoms with E-state index in [1.54, 1.807) is 31.2 Å². The van der Waals surface area contributed by atoms with Crippen LogP contribution in [0.15, 0.2) is 42.5 Å². The highest BCUT2D eigenvalue weighted by Crippen LogP contribution is 2.37. The second-order valence-corrected chi connectivity index (χ2v) is 10.4. The number of anilines is 1. The van der Waals surface area contributed by atoms with Crippen LogP contribution in [0.5, 0.6) is 0 Å². The Morgan fingerprint density at radius 1 is 1.09 bits per heavy atom. The number of carbonyl (C=O) groups is 2. The fourth-order valence-electron chi connectivity index (χ4n) is 3.19. The molecule has 1 atom stereocenters. The summed E-state index contributed by atoms with van der Waals surface area (Å²) in [5.74, 6) is -1.28. The summed E-state index contributed by atoms with van der Waals surface area (Å²) >= 11 is 11.5. The molecular weight excluding hydrogens is 530 g/mol. The average Bonchev–Trinajstić information content (AvgIpc) is 2.75. The molecule has 0 saturated carbocycles. The SMILES string of the molecule is CCNC(=O)[C@H](C)N(Cc1ccc(Cl)cc1)C(=O)CN(c1ccc(Cl)c(C(F)(F)F)c1)S(C)(=O)=O. The van der Waals surface area contributed by atoms with Gasteiger partial charge in [-0.1, -0.05) is 35.3 Å². The summed E-state index contributed by atoms with van der Waals surface area (Å²) in [6, 6.07) is 7.99. The van der Waals surface area contributed by atoms with Crippen molar-refractivity contribution in [3.8, 4) is 0 Å². The molecule has 2 aromatic rings. The summed E-state index contributed by atoms with van der Waals surface area (Å²) in [6.45, 7) is 2.55. The number of alkyl halides is 3. The Hall–Kier alpha value is -2.50. The zero-order valence-electron chi connectivity index (χ0n) is 19.1. The molecule has 13 heteroatoms. The topological polar surface area (TPSA) is 86.8 Å². The standard InChI is InChI=1S/C22H24Cl2F3N3O4S/c1-4-28-21(32)14(2)29(12-15-5-7-16(23)8-6-15)20(31)13-30(35(3,33)34)17-9-10-19(24)18(11-17)22(25,26)27/h5-11,14H,4,12-13H2,1-3H3,(H,28,32)/t14-/m0/s1. The molecule has 0 bridgehead atoms. The lowest BCUT2D eigenvalue weighted by Gasteiger charge is -2.31. The van der Waals surface area contributed by atoms with Gasteiger partial charge < -0.3 is 10.2 Å². The van der Waals surface area contributed by atoms with Crippen molar-refractivity contribution in [3.05, 3.63) is 63.6 Å². The minimum Gasteiger partial charge on any atom is -0.355 e. The summed E-state index contributed by atoms with van der Waals surface area (Å²) < 4.78 is 65.5. The molecule has 0 unspecified atom stereocenters. The number of hydrogen-bond donors (Lipinski definition) is 1. The Morgan fingerprint density at radius 3 is 2.20 bits per heavy atom. The van der Waals surface area contributed by atoms with E-state index in [0.717, 1.165) is 23.3 Å². The van der Waals surface area contributed by atoms with E-state index in [4.69, 9.17) is 23.2 Å². The van der Waals surface area contributed by atoms with Crippen LogP contribution in [-0.2, 0) is 32.3 Å². The van der Waals surface area contributed by atoms with Gasteiger partial charge in [0.1, 0.15) is 12.6 Å². The first-order valence-electron chi connectivity index (χ1n) is 10.3. The van der Waals surface area contributed by atoms with Crippen molar-refractivity contribution in [2.24, 2.45) is 0 Å². The third-order valence-electron chi connectivity index (χ3n) is 5.01. The number of rotatable bonds is 9. The summed E-state index contributed by atoms with van der Waals surface area (Å²) in [7, 11) is -4.20. The smallest absolute Gasteiger partial charge is 0.355 e. The Labute approximate surface area is 211 Å². The summed E-state index contributed by atoms with van der Waals surface area (Å²) in [5, 5.41) is 2.43. The molecule has 2 rings (SSSR count). The van der Waals surface area contributed by atoms with Crippen LogP contribution in [0, 0.1) is 0 Å². The van der Waals surface area contributed by atoms with Crippen molar-refractivity contribution in [1.29, 1.82) is 0 Å². The van der Waals surface area contributed by atoms with Gasteiger partial charge in [0.05, 0.1) is 22.5 Å². The number of carbonyl (C=O) groups excluding carboxylic acids is 2. The zero-order chi connectivity index (χ0) is 26.6. The Balaban J connectivity index is 2.46. The van der Waals surface area contributed by atoms with E-state index in [0.29, 0.717) is 27.5 Å². The van der Waals surface area contributed by atoms with Crippen LogP contribution in [0.4, 0.5) is 18.9 Å². The fraction of sp³-hybridized carbons (Fsp3) is 0.364. The van der Waals surface area contributed by atoms with E-state index in [-0.39, 0.29) is 6.54 Å². The number of amides is 2. The number of nitrogens with one attached hydrogen (secondary N) is 1. The third-order valence-corrected chi connectivity index (χ3v) is 6.73. The van der Waals surface area contributed by atoms with Crippen molar-refractivity contribution in [1.82, 2.24) is 10.2 Å². The van der Waals surface area contributed by atoms with Gasteiger partial charge >= 0.3 is 6.18 Å². The minimum atomic E-state index is -4.84. The molecule has 0 heterocycles. The molecule has 0 aliphatic heterocycles. The number of hydrogen-bond acceptors (Lipinski definition) is 4. The molecule has 0 aromatic heterocycles. The lowest BCUT2D eigenvalue weighted by molar-refractivity contribution is -0.139. The Kier molecular flexibility index (Phi) is 9.43. The Morgan fingerprint density at radius 2 is 1.69 bits per heavy atom. The van der Waals surface area contributed by atoms with Gasteiger partial charge in [0.25, 0.3) is 0 Å². The first kappa shape index (κ1) is 28.7. The molecule has 7 nitrogen and oxygen atoms in total. The second-order valence-electron chi connectivity index (χ2n) is 7.65. The van der Waals surface area contributed by atoms with E-state index in [1.165, 1.54) is 6.92 Å². The molecule has 1 N–H and O–H groups in total. The summed E-state index contributed by atoms with van der Waals surface area (Å²) in [4.78, 5) is 26.9. The minimum absolute atomic E-state index is 0.0691. The van der Waals surface area contributed by atoms with E-state index in [9.17, 15) is 31.2 Å². The predicted molar refractivity (Wildman–Crippen MR) is 129 cm³/mol. The van der Waals surface area contributed by atoms with Gasteiger partial charge in [-0.3, -0.25) is 13.9 Å². The molecule has 0 aliphatic rings. The molecule has 192 valence electrons. The number of sulfonamides is 1. The molecular formula is C22H24Cl2F3N3O4S. The van der Waals surface area contributed by atoms with Crippen LogP contribution in [-0.4, -0.2) is 50.5 Å². The number of nitrogens with zero attached hydrogens (tertiary/aromatic N) is 2. The lowest BCUT2D eigenvalue weighted by Crippen LogP contribution is -2.51. The Bertz CT molecular complexity index is 1180. The van der Waals surface area contributed by atoms with Crippen molar-refractivity contribution in [2.75, 3.05) is 23.7 Å². The maximum Gasteiger partial charge on any atom is 0.417 e. The van der Waals surface area contributed by atoms with Gasteiger partial charge in [0, 0.05) is 18.1 Å². The van der Waals surface area contributed by atoms with E-state index in [2.05, 4.69) is 5.32 Å². The van der Waals surface area contributed by atoms with Gasteiger partial charge in [-0.25, -0.2) is 8.42 Å². The normalized spacial score (nSPS) is 12.7.